The average molecular weight is 509 g/mol. The molecule has 1 fully saturated rings. The van der Waals surface area contributed by atoms with Crippen LogP contribution >= 0.6 is 46.7 Å². The number of carboxylic acids is 1. The molecule has 1 saturated heterocycles. The van der Waals surface area contributed by atoms with Gasteiger partial charge < -0.3 is 16.2 Å². The summed E-state index contributed by atoms with van der Waals surface area (Å²) in [5.41, 5.74) is 6.41. The lowest BCUT2D eigenvalue weighted by Gasteiger charge is -2.46. The van der Waals surface area contributed by atoms with Crippen molar-refractivity contribution in [1.82, 2.24) is 25.4 Å². The minimum absolute atomic E-state index is 0.108. The number of carboxylic acid groups (broad SMARTS) is 1. The first-order chi connectivity index (χ1) is 15.2. The van der Waals surface area contributed by atoms with Crippen LogP contribution in [0.1, 0.15) is 29.1 Å². The minimum Gasteiger partial charge on any atom is -0.477 e. The highest BCUT2D eigenvalue weighted by Crippen LogP contribution is 2.46. The quantitative estimate of drug-likeness (QED) is 0.300. The number of nitrogens with two attached hydrogens (primary N) is 1. The Labute approximate surface area is 199 Å². The van der Waals surface area contributed by atoms with E-state index in [2.05, 4.69) is 20.5 Å². The summed E-state index contributed by atoms with van der Waals surface area (Å²) in [4.78, 5) is 43.2. The van der Waals surface area contributed by atoms with Crippen LogP contribution in [0.4, 0.5) is 5.13 Å². The molecule has 4 heterocycles. The normalized spacial score (nSPS) is 20.8. The number of aliphatic carboxylic acids is 1. The highest BCUT2D eigenvalue weighted by molar-refractivity contribution is 8.03. The molecule has 2 atom stereocenters. The van der Waals surface area contributed by atoms with Crippen molar-refractivity contribution in [1.29, 1.82) is 0 Å². The second-order valence-electron chi connectivity index (χ2n) is 6.67. The summed E-state index contributed by atoms with van der Waals surface area (Å²) >= 11 is 8.70. The number of rotatable bonds is 6. The number of aryl methyl sites for hydroxylation is 1. The third-order valence-electron chi connectivity index (χ3n) is 4.58. The number of thiazole rings is 1. The molecule has 1 unspecified atom stereocenters. The summed E-state index contributed by atoms with van der Waals surface area (Å²) in [6.07, 6.45) is 2.30. The van der Waals surface area contributed by atoms with Gasteiger partial charge in [-0.05, 0) is 13.3 Å². The van der Waals surface area contributed by atoms with Gasteiger partial charge in [-0.3, -0.25) is 14.5 Å². The van der Waals surface area contributed by atoms with E-state index in [1.54, 1.807) is 18.4 Å². The predicted molar refractivity (Wildman–Crippen MR) is 127 cm³/mol. The Bertz CT molecular complexity index is 1220. The number of hydrogen-bond donors (Lipinski definition) is 3. The lowest BCUT2D eigenvalue weighted by molar-refractivity contribution is -0.138. The molecule has 0 radical (unpaired) electrons. The molecule has 32 heavy (non-hydrogen) atoms. The Morgan fingerprint density at radius 2 is 2.16 bits per heavy atom. The number of nitrogen functional groups attached to an aromatic ring is 1. The van der Waals surface area contributed by atoms with Gasteiger partial charge >= 0.3 is 5.97 Å². The third-order valence-corrected chi connectivity index (χ3v) is 8.01. The molecule has 166 valence electrons. The highest BCUT2D eigenvalue weighted by atomic mass is 32.2. The van der Waals surface area contributed by atoms with Gasteiger partial charge in [-0.2, -0.15) is 0 Å². The van der Waals surface area contributed by atoms with Gasteiger partial charge in [0.1, 0.15) is 31.3 Å². The maximum Gasteiger partial charge on any atom is 0.353 e. The largest absolute Gasteiger partial charge is 0.477 e. The molecule has 2 aliphatic rings. The number of carbonyl (C=O) groups excluding carboxylic acids is 2. The zero-order valence-electron chi connectivity index (χ0n) is 16.7. The van der Waals surface area contributed by atoms with Gasteiger partial charge in [0.05, 0.1) is 16.8 Å². The predicted octanol–water partition coefficient (Wildman–Crippen LogP) is 1.90. The van der Waals surface area contributed by atoms with Crippen molar-refractivity contribution in [3.63, 3.8) is 0 Å². The molecular formula is C18H16N6O4S4. The molecular weight excluding hydrogens is 493 g/mol. The molecule has 0 aliphatic carbocycles. The van der Waals surface area contributed by atoms with Crippen molar-refractivity contribution in [3.8, 4) is 0 Å². The van der Waals surface area contributed by atoms with E-state index in [0.717, 1.165) is 4.90 Å². The SMILES string of the molecule is CC/C=C(\C(=O)NC1S[C@H]2C(=S)C(=O)N2C(C(=O)O)=C1c1nnc(C)s1)c1csc(N)n1. The van der Waals surface area contributed by atoms with Crippen LogP contribution in [0.3, 0.4) is 0 Å². The van der Waals surface area contributed by atoms with Crippen LogP contribution in [-0.2, 0) is 14.4 Å². The summed E-state index contributed by atoms with van der Waals surface area (Å²) < 4.78 is 0. The van der Waals surface area contributed by atoms with E-state index >= 15 is 0 Å². The highest BCUT2D eigenvalue weighted by Gasteiger charge is 2.53. The first-order valence-corrected chi connectivity index (χ1v) is 12.3. The molecule has 2 aromatic rings. The second kappa shape index (κ2) is 8.69. The number of aromatic nitrogens is 3. The fourth-order valence-electron chi connectivity index (χ4n) is 3.24. The number of carbonyl (C=O) groups is 3. The Kier molecular flexibility index (Phi) is 6.11. The number of fused-ring (bicyclic) bond motifs is 1. The zero-order valence-corrected chi connectivity index (χ0v) is 20.0. The molecule has 14 heteroatoms. The van der Waals surface area contributed by atoms with Crippen molar-refractivity contribution in [3.05, 3.63) is 32.9 Å². The van der Waals surface area contributed by atoms with Crippen molar-refractivity contribution >= 4 is 85.6 Å². The fraction of sp³-hybridized carbons (Fsp3) is 0.278. The molecule has 4 N–H and O–H groups in total. The van der Waals surface area contributed by atoms with E-state index in [-0.39, 0.29) is 16.1 Å². The van der Waals surface area contributed by atoms with Crippen LogP contribution in [0.15, 0.2) is 17.2 Å². The molecule has 0 bridgehead atoms. The molecule has 0 spiro atoms. The second-order valence-corrected chi connectivity index (χ2v) is 10.4. The molecule has 2 aromatic heterocycles. The zero-order chi connectivity index (χ0) is 23.2. The van der Waals surface area contributed by atoms with Gasteiger partial charge in [-0.25, -0.2) is 9.78 Å². The standard InChI is InChI=1S/C18H16N6O4S4/c1-3-4-7(8-5-30-18(19)20-8)12(25)21-13-9(14-23-22-6(2)31-14)10(17(27)28)24-15(26)11(29)16(24)32-13/h4-5,13,16H,3H2,1-2H3,(H2,19,20)(H,21,25)(H,27,28)/b7-4-/t13?,16-/m0/s1. The number of thiocarbonyl (C=S) groups is 1. The molecule has 0 saturated carbocycles. The van der Waals surface area contributed by atoms with Gasteiger partial charge in [-0.15, -0.1) is 33.3 Å². The lowest BCUT2D eigenvalue weighted by Crippen LogP contribution is -2.63. The minimum atomic E-state index is -1.31. The summed E-state index contributed by atoms with van der Waals surface area (Å²) in [7, 11) is 0. The Morgan fingerprint density at radius 3 is 2.72 bits per heavy atom. The van der Waals surface area contributed by atoms with E-state index in [4.69, 9.17) is 18.0 Å². The summed E-state index contributed by atoms with van der Waals surface area (Å²) in [5, 5.41) is 22.3. The van der Waals surface area contributed by atoms with Crippen LogP contribution in [0, 0.1) is 6.92 Å². The van der Waals surface area contributed by atoms with Crippen molar-refractivity contribution in [2.24, 2.45) is 0 Å². The van der Waals surface area contributed by atoms with Gasteiger partial charge in [0.25, 0.3) is 11.8 Å². The van der Waals surface area contributed by atoms with Gasteiger partial charge in [0.2, 0.25) is 0 Å². The topological polar surface area (TPSA) is 151 Å². The maximum atomic E-state index is 13.2. The van der Waals surface area contributed by atoms with Crippen LogP contribution < -0.4 is 11.1 Å². The smallest absolute Gasteiger partial charge is 0.353 e. The summed E-state index contributed by atoms with van der Waals surface area (Å²) in [6, 6.07) is 0. The summed E-state index contributed by atoms with van der Waals surface area (Å²) in [6.45, 7) is 3.61. The summed E-state index contributed by atoms with van der Waals surface area (Å²) in [5.74, 6) is -2.31. The van der Waals surface area contributed by atoms with E-state index in [9.17, 15) is 19.5 Å². The van der Waals surface area contributed by atoms with Crippen molar-refractivity contribution in [2.45, 2.75) is 31.0 Å². The van der Waals surface area contributed by atoms with E-state index in [0.29, 0.717) is 32.8 Å². The van der Waals surface area contributed by atoms with E-state index < -0.39 is 28.5 Å². The monoisotopic (exact) mass is 508 g/mol. The number of anilines is 1. The Balaban J connectivity index is 1.77. The number of hydrogen-bond acceptors (Lipinski definition) is 11. The molecule has 4 rings (SSSR count). The number of nitrogens with zero attached hydrogens (tertiary/aromatic N) is 4. The number of amides is 2. The average Bonchev–Trinajstić information content (AvgIpc) is 3.38. The maximum absolute atomic E-state index is 13.2. The van der Waals surface area contributed by atoms with Crippen LogP contribution in [0.2, 0.25) is 0 Å². The number of thioether (sulfide) groups is 1. The third kappa shape index (κ3) is 3.83. The van der Waals surface area contributed by atoms with Crippen molar-refractivity contribution < 1.29 is 19.5 Å². The first-order valence-electron chi connectivity index (χ1n) is 9.26. The first kappa shape index (κ1) is 22.5. The van der Waals surface area contributed by atoms with E-state index in [1.807, 2.05) is 6.92 Å². The fourth-order valence-corrected chi connectivity index (χ4v) is 6.36. The van der Waals surface area contributed by atoms with Gasteiger partial charge in [0, 0.05) is 5.38 Å². The molecule has 2 aliphatic heterocycles. The number of allylic oxidation sites excluding steroid dienone is 1. The Morgan fingerprint density at radius 1 is 1.41 bits per heavy atom. The Hall–Kier alpha value is -2.68. The van der Waals surface area contributed by atoms with Crippen LogP contribution in [0.5, 0.6) is 0 Å². The molecule has 0 aromatic carbocycles. The molecule has 2 amide bonds. The van der Waals surface area contributed by atoms with Crippen molar-refractivity contribution in [2.75, 3.05) is 5.73 Å². The lowest BCUT2D eigenvalue weighted by atomic mass is 10.1. The van der Waals surface area contributed by atoms with E-state index in [1.165, 1.54) is 34.4 Å². The molecule has 10 nitrogen and oxygen atoms in total. The van der Waals surface area contributed by atoms with Gasteiger partial charge in [0.15, 0.2) is 5.13 Å². The van der Waals surface area contributed by atoms with Crippen LogP contribution in [0.25, 0.3) is 11.1 Å². The van der Waals surface area contributed by atoms with Crippen LogP contribution in [-0.4, -0.2) is 58.6 Å². The number of β-lactam (4-membered cyclic amide) rings is 1. The number of nitrogens with one attached hydrogen (secondary N) is 1. The van der Waals surface area contributed by atoms with Gasteiger partial charge in [-0.1, -0.05) is 36.6 Å².